The summed E-state index contributed by atoms with van der Waals surface area (Å²) in [6.45, 7) is -0.384. The van der Waals surface area contributed by atoms with Crippen LogP contribution in [0.5, 0.6) is 0 Å². The average Bonchev–Trinajstić information content (AvgIpc) is 2.57. The second-order valence-corrected chi connectivity index (χ2v) is 4.14. The van der Waals surface area contributed by atoms with Crippen LogP contribution in [0.3, 0.4) is 0 Å². The molecule has 0 bridgehead atoms. The highest BCUT2D eigenvalue weighted by molar-refractivity contribution is 7.71. The number of nitrogen functional groups attached to an aromatic ring is 1. The minimum atomic E-state index is -1.18. The molecule has 1 aromatic rings. The molecule has 8 heteroatoms. The van der Waals surface area contributed by atoms with Crippen LogP contribution < -0.4 is 5.73 Å². The van der Waals surface area contributed by atoms with E-state index >= 15 is 0 Å². The summed E-state index contributed by atoms with van der Waals surface area (Å²) in [5.41, 5.74) is 5.46. The predicted octanol–water partition coefficient (Wildman–Crippen LogP) is -1.19. The van der Waals surface area contributed by atoms with E-state index in [9.17, 15) is 10.2 Å². The summed E-state index contributed by atoms with van der Waals surface area (Å²) in [7, 11) is 0. The van der Waals surface area contributed by atoms with Gasteiger partial charge in [-0.3, -0.25) is 4.57 Å². The van der Waals surface area contributed by atoms with Gasteiger partial charge in [0.05, 0.1) is 6.61 Å². The first-order valence-corrected chi connectivity index (χ1v) is 5.42. The van der Waals surface area contributed by atoms with Gasteiger partial charge in [-0.05, 0) is 18.3 Å². The highest BCUT2D eigenvalue weighted by atomic mass is 32.1. The smallest absolute Gasteiger partial charge is 0.203 e. The van der Waals surface area contributed by atoms with Crippen LogP contribution in [-0.4, -0.2) is 49.8 Å². The highest BCUT2D eigenvalue weighted by Crippen LogP contribution is 2.29. The van der Waals surface area contributed by atoms with Crippen molar-refractivity contribution in [1.82, 2.24) is 9.55 Å². The van der Waals surface area contributed by atoms with Crippen LogP contribution in [0.1, 0.15) is 6.23 Å². The fourth-order valence-electron chi connectivity index (χ4n) is 1.73. The summed E-state index contributed by atoms with van der Waals surface area (Å²) in [6, 6.07) is 1.50. The zero-order valence-corrected chi connectivity index (χ0v) is 9.62. The molecule has 1 fully saturated rings. The molecule has 1 aromatic heterocycles. The molecule has 5 N–H and O–H groups in total. The zero-order chi connectivity index (χ0) is 12.6. The lowest BCUT2D eigenvalue weighted by atomic mass is 10.1. The molecule has 0 saturated carbocycles. The molecule has 4 atom stereocenters. The lowest BCUT2D eigenvalue weighted by Gasteiger charge is -2.18. The minimum Gasteiger partial charge on any atom is -0.394 e. The van der Waals surface area contributed by atoms with E-state index in [-0.39, 0.29) is 17.2 Å². The Hall–Kier alpha value is -1.06. The van der Waals surface area contributed by atoms with Crippen LogP contribution in [0.25, 0.3) is 0 Å². The number of aromatic nitrogens is 2. The van der Waals surface area contributed by atoms with Gasteiger partial charge in [0.15, 0.2) is 6.23 Å². The van der Waals surface area contributed by atoms with Gasteiger partial charge in [0.1, 0.15) is 24.1 Å². The summed E-state index contributed by atoms with van der Waals surface area (Å²) in [6.07, 6.45) is -2.53. The fraction of sp³-hybridized carbons (Fsp3) is 0.556. The number of anilines is 1. The maximum atomic E-state index is 9.79. The molecule has 1 aliphatic rings. The Morgan fingerprint density at radius 2 is 2.18 bits per heavy atom. The second-order valence-electron chi connectivity index (χ2n) is 3.77. The molecule has 17 heavy (non-hydrogen) atoms. The van der Waals surface area contributed by atoms with Crippen molar-refractivity contribution in [2.24, 2.45) is 0 Å². The number of aliphatic hydroxyl groups excluding tert-OH is 3. The van der Waals surface area contributed by atoms with E-state index in [2.05, 4.69) is 4.98 Å². The Morgan fingerprint density at radius 3 is 2.71 bits per heavy atom. The first kappa shape index (κ1) is 12.4. The molecule has 0 radical (unpaired) electrons. The van der Waals surface area contributed by atoms with E-state index in [1.165, 1.54) is 16.8 Å². The third kappa shape index (κ3) is 2.17. The standard InChI is InChI=1S/C9H13N3O4S/c10-5-1-2-12(9(17)11-5)8-7(15)6(14)4(3-13)16-8/h1-2,4,6-8,13-15H,3H2,(H2,10,11,17)/t4-,6?,7?,8-/m1/s1. The van der Waals surface area contributed by atoms with Crippen LogP contribution >= 0.6 is 12.2 Å². The van der Waals surface area contributed by atoms with Crippen molar-refractivity contribution in [2.45, 2.75) is 24.5 Å². The van der Waals surface area contributed by atoms with Gasteiger partial charge in [0.2, 0.25) is 4.77 Å². The average molecular weight is 259 g/mol. The largest absolute Gasteiger partial charge is 0.394 e. The third-order valence-corrected chi connectivity index (χ3v) is 2.94. The van der Waals surface area contributed by atoms with Crippen molar-refractivity contribution in [2.75, 3.05) is 12.3 Å². The Bertz CT molecular complexity index is 466. The summed E-state index contributed by atoms with van der Waals surface area (Å²) < 4.78 is 6.83. The van der Waals surface area contributed by atoms with Gasteiger partial charge in [0.25, 0.3) is 0 Å². The maximum absolute atomic E-state index is 9.79. The molecule has 2 unspecified atom stereocenters. The molecular weight excluding hydrogens is 246 g/mol. The summed E-state index contributed by atoms with van der Waals surface area (Å²) in [4.78, 5) is 3.85. The Labute approximate surface area is 102 Å². The molecular formula is C9H13N3O4S. The Morgan fingerprint density at radius 1 is 1.47 bits per heavy atom. The van der Waals surface area contributed by atoms with Gasteiger partial charge in [-0.2, -0.15) is 0 Å². The van der Waals surface area contributed by atoms with Crippen molar-refractivity contribution in [1.29, 1.82) is 0 Å². The van der Waals surface area contributed by atoms with Gasteiger partial charge in [0, 0.05) is 6.20 Å². The molecule has 1 aliphatic heterocycles. The normalized spacial score (nSPS) is 32.9. The van der Waals surface area contributed by atoms with Crippen molar-refractivity contribution < 1.29 is 20.1 Å². The van der Waals surface area contributed by atoms with Gasteiger partial charge < -0.3 is 25.8 Å². The van der Waals surface area contributed by atoms with E-state index < -0.39 is 24.5 Å². The lowest BCUT2D eigenvalue weighted by molar-refractivity contribution is -0.0540. The van der Waals surface area contributed by atoms with E-state index in [0.29, 0.717) is 0 Å². The topological polar surface area (TPSA) is 114 Å². The molecule has 94 valence electrons. The zero-order valence-electron chi connectivity index (χ0n) is 8.80. The van der Waals surface area contributed by atoms with Crippen LogP contribution in [-0.2, 0) is 4.74 Å². The van der Waals surface area contributed by atoms with Crippen LogP contribution in [0.4, 0.5) is 5.82 Å². The van der Waals surface area contributed by atoms with Gasteiger partial charge in [-0.25, -0.2) is 4.98 Å². The molecule has 7 nitrogen and oxygen atoms in total. The van der Waals surface area contributed by atoms with Crippen molar-refractivity contribution in [3.63, 3.8) is 0 Å². The number of nitrogens with zero attached hydrogens (tertiary/aromatic N) is 2. The lowest BCUT2D eigenvalue weighted by Crippen LogP contribution is -2.33. The fourth-order valence-corrected chi connectivity index (χ4v) is 2.00. The first-order chi connectivity index (χ1) is 8.04. The van der Waals surface area contributed by atoms with Crippen molar-refractivity contribution >= 4 is 18.0 Å². The highest BCUT2D eigenvalue weighted by Gasteiger charge is 2.43. The van der Waals surface area contributed by atoms with E-state index in [0.717, 1.165) is 0 Å². The van der Waals surface area contributed by atoms with Crippen LogP contribution in [0.2, 0.25) is 0 Å². The SMILES string of the molecule is Nc1ccn([C@@H]2O[C@H](CO)C(O)C2O)c(=S)n1. The van der Waals surface area contributed by atoms with Gasteiger partial charge in [-0.15, -0.1) is 0 Å². The second kappa shape index (κ2) is 4.67. The molecule has 0 aliphatic carbocycles. The maximum Gasteiger partial charge on any atom is 0.203 e. The number of rotatable bonds is 2. The van der Waals surface area contributed by atoms with Gasteiger partial charge in [-0.1, -0.05) is 0 Å². The number of hydrogen-bond donors (Lipinski definition) is 4. The van der Waals surface area contributed by atoms with Crippen LogP contribution in [0.15, 0.2) is 12.3 Å². The van der Waals surface area contributed by atoms with Crippen molar-refractivity contribution in [3.8, 4) is 0 Å². The number of hydrogen-bond acceptors (Lipinski definition) is 7. The van der Waals surface area contributed by atoms with Crippen molar-refractivity contribution in [3.05, 3.63) is 17.0 Å². The van der Waals surface area contributed by atoms with E-state index in [1.807, 2.05) is 0 Å². The summed E-state index contributed by atoms with van der Waals surface area (Å²) >= 11 is 4.98. The summed E-state index contributed by atoms with van der Waals surface area (Å²) in [5, 5.41) is 28.4. The molecule has 2 heterocycles. The van der Waals surface area contributed by atoms with E-state index in [4.69, 9.17) is 27.8 Å². The number of ether oxygens (including phenoxy) is 1. The predicted molar refractivity (Wildman–Crippen MR) is 60.5 cm³/mol. The quantitative estimate of drug-likeness (QED) is 0.494. The minimum absolute atomic E-state index is 0.139. The molecule has 0 aromatic carbocycles. The number of aliphatic hydroxyl groups is 3. The monoisotopic (exact) mass is 259 g/mol. The molecule has 0 spiro atoms. The Kier molecular flexibility index (Phi) is 3.40. The molecule has 2 rings (SSSR count). The first-order valence-electron chi connectivity index (χ1n) is 5.01. The number of nitrogens with two attached hydrogens (primary N) is 1. The summed E-state index contributed by atoms with van der Waals surface area (Å²) in [5.74, 6) is 0.262. The Balaban J connectivity index is 2.32. The molecule has 1 saturated heterocycles. The van der Waals surface area contributed by atoms with Crippen LogP contribution in [0, 0.1) is 4.77 Å². The van der Waals surface area contributed by atoms with E-state index in [1.54, 1.807) is 0 Å². The third-order valence-electron chi connectivity index (χ3n) is 2.64. The van der Waals surface area contributed by atoms with Gasteiger partial charge >= 0.3 is 0 Å². The molecule has 0 amide bonds.